The first-order chi connectivity index (χ1) is 8.68. The van der Waals surface area contributed by atoms with Gasteiger partial charge in [-0.05, 0) is 13.8 Å². The zero-order chi connectivity index (χ0) is 13.6. The first-order valence-electron chi connectivity index (χ1n) is 5.89. The molecule has 0 aliphatic carbocycles. The monoisotopic (exact) mass is 258 g/mol. The van der Waals surface area contributed by atoms with Gasteiger partial charge in [0.2, 0.25) is 0 Å². The van der Waals surface area contributed by atoms with Crippen LogP contribution >= 0.6 is 0 Å². The minimum absolute atomic E-state index is 0.232. The van der Waals surface area contributed by atoms with Crippen molar-refractivity contribution in [1.82, 2.24) is 0 Å². The van der Waals surface area contributed by atoms with Gasteiger partial charge in [0.05, 0.1) is 32.7 Å². The van der Waals surface area contributed by atoms with Crippen molar-refractivity contribution in [3.63, 3.8) is 0 Å². The number of allylic oxidation sites excluding steroid dienone is 1. The van der Waals surface area contributed by atoms with Gasteiger partial charge >= 0.3 is 5.97 Å². The maximum atomic E-state index is 11.0. The number of esters is 1. The van der Waals surface area contributed by atoms with Crippen LogP contribution in [0.25, 0.3) is 0 Å². The second-order valence-corrected chi connectivity index (χ2v) is 3.48. The van der Waals surface area contributed by atoms with E-state index in [2.05, 4.69) is 6.58 Å². The van der Waals surface area contributed by atoms with Gasteiger partial charge in [-0.3, -0.25) is 0 Å². The molecule has 0 rings (SSSR count). The van der Waals surface area contributed by atoms with Crippen LogP contribution in [0, 0.1) is 0 Å². The van der Waals surface area contributed by atoms with E-state index in [1.807, 2.05) is 13.0 Å². The van der Waals surface area contributed by atoms with Gasteiger partial charge in [0.1, 0.15) is 13.2 Å². The van der Waals surface area contributed by atoms with Gasteiger partial charge in [-0.2, -0.15) is 0 Å². The topological polar surface area (TPSA) is 54.0 Å². The zero-order valence-electron chi connectivity index (χ0n) is 11.1. The molecule has 0 spiro atoms. The minimum atomic E-state index is -0.393. The molecular formula is C13H22O5. The summed E-state index contributed by atoms with van der Waals surface area (Å²) < 4.78 is 20.4. The van der Waals surface area contributed by atoms with Crippen molar-refractivity contribution in [1.29, 1.82) is 0 Å². The second-order valence-electron chi connectivity index (χ2n) is 3.48. The first-order valence-corrected chi connectivity index (χ1v) is 5.89. The van der Waals surface area contributed by atoms with Crippen molar-refractivity contribution in [2.24, 2.45) is 0 Å². The van der Waals surface area contributed by atoms with Gasteiger partial charge in [0, 0.05) is 5.57 Å². The lowest BCUT2D eigenvalue weighted by Crippen LogP contribution is -2.13. The molecule has 0 atom stereocenters. The van der Waals surface area contributed by atoms with Crippen molar-refractivity contribution in [3.05, 3.63) is 24.5 Å². The fourth-order valence-corrected chi connectivity index (χ4v) is 0.910. The van der Waals surface area contributed by atoms with Crippen LogP contribution in [0.1, 0.15) is 13.8 Å². The van der Waals surface area contributed by atoms with Gasteiger partial charge < -0.3 is 18.9 Å². The van der Waals surface area contributed by atoms with Crippen LogP contribution < -0.4 is 0 Å². The standard InChI is InChI=1S/C13H22O5/c1-4-5-15-6-7-16-8-9-17-10-11-18-13(14)12(2)3/h4-5H,2,6-11H2,1,3H3. The average molecular weight is 258 g/mol. The van der Waals surface area contributed by atoms with Crippen LogP contribution in [0.4, 0.5) is 0 Å². The summed E-state index contributed by atoms with van der Waals surface area (Å²) in [6.45, 7) is 9.57. The lowest BCUT2D eigenvalue weighted by Gasteiger charge is -2.06. The van der Waals surface area contributed by atoms with Crippen LogP contribution in [0.15, 0.2) is 24.5 Å². The predicted molar refractivity (Wildman–Crippen MR) is 68.2 cm³/mol. The maximum Gasteiger partial charge on any atom is 0.333 e. The van der Waals surface area contributed by atoms with E-state index in [9.17, 15) is 4.79 Å². The molecule has 0 saturated heterocycles. The quantitative estimate of drug-likeness (QED) is 0.244. The summed E-state index contributed by atoms with van der Waals surface area (Å²) in [7, 11) is 0. The van der Waals surface area contributed by atoms with Gasteiger partial charge in [0.25, 0.3) is 0 Å². The number of ether oxygens (including phenoxy) is 4. The lowest BCUT2D eigenvalue weighted by atomic mass is 10.4. The van der Waals surface area contributed by atoms with E-state index >= 15 is 0 Å². The largest absolute Gasteiger partial charge is 0.499 e. The highest BCUT2D eigenvalue weighted by atomic mass is 16.6. The van der Waals surface area contributed by atoms with E-state index in [4.69, 9.17) is 18.9 Å². The number of hydrogen-bond acceptors (Lipinski definition) is 5. The van der Waals surface area contributed by atoms with Crippen molar-refractivity contribution >= 4 is 5.97 Å². The molecule has 0 unspecified atom stereocenters. The van der Waals surface area contributed by atoms with Crippen molar-refractivity contribution in [2.75, 3.05) is 39.6 Å². The Labute approximate surface area is 108 Å². The van der Waals surface area contributed by atoms with Crippen molar-refractivity contribution in [3.8, 4) is 0 Å². The molecule has 18 heavy (non-hydrogen) atoms. The molecule has 0 radical (unpaired) electrons. The number of carbonyl (C=O) groups is 1. The van der Waals surface area contributed by atoms with Crippen LogP contribution in [-0.4, -0.2) is 45.6 Å². The Bertz CT molecular complexity index is 260. The molecule has 0 aliphatic rings. The normalized spacial score (nSPS) is 10.6. The molecule has 0 amide bonds. The molecule has 5 nitrogen and oxygen atoms in total. The molecule has 0 bridgehead atoms. The molecule has 0 fully saturated rings. The van der Waals surface area contributed by atoms with Crippen molar-refractivity contribution in [2.45, 2.75) is 13.8 Å². The van der Waals surface area contributed by atoms with Gasteiger partial charge in [0.15, 0.2) is 0 Å². The van der Waals surface area contributed by atoms with Crippen LogP contribution in [-0.2, 0) is 23.7 Å². The number of carbonyl (C=O) groups excluding carboxylic acids is 1. The van der Waals surface area contributed by atoms with Crippen LogP contribution in [0.2, 0.25) is 0 Å². The Morgan fingerprint density at radius 3 is 2.17 bits per heavy atom. The highest BCUT2D eigenvalue weighted by molar-refractivity contribution is 5.86. The van der Waals surface area contributed by atoms with E-state index < -0.39 is 5.97 Å². The van der Waals surface area contributed by atoms with Gasteiger partial charge in [-0.1, -0.05) is 12.7 Å². The molecule has 5 heteroatoms. The lowest BCUT2D eigenvalue weighted by molar-refractivity contribution is -0.140. The Morgan fingerprint density at radius 2 is 1.61 bits per heavy atom. The molecule has 0 heterocycles. The first kappa shape index (κ1) is 16.7. The highest BCUT2D eigenvalue weighted by Crippen LogP contribution is 1.91. The SMILES string of the molecule is C=C(C)C(=O)OCCOCCOCCOC=CC. The fourth-order valence-electron chi connectivity index (χ4n) is 0.910. The molecule has 0 aromatic carbocycles. The molecule has 0 aromatic heterocycles. The summed E-state index contributed by atoms with van der Waals surface area (Å²) in [6.07, 6.45) is 3.44. The average Bonchev–Trinajstić information content (AvgIpc) is 2.35. The Hall–Kier alpha value is -1.33. The molecule has 104 valence electrons. The molecule has 0 saturated carbocycles. The van der Waals surface area contributed by atoms with E-state index in [0.717, 1.165) is 0 Å². The highest BCUT2D eigenvalue weighted by Gasteiger charge is 2.01. The Kier molecular flexibility index (Phi) is 11.2. The third-order valence-corrected chi connectivity index (χ3v) is 1.76. The smallest absolute Gasteiger partial charge is 0.333 e. The predicted octanol–water partition coefficient (Wildman–Crippen LogP) is 1.69. The summed E-state index contributed by atoms with van der Waals surface area (Å²) in [5.74, 6) is -0.393. The Morgan fingerprint density at radius 1 is 1.06 bits per heavy atom. The van der Waals surface area contributed by atoms with Crippen LogP contribution in [0.3, 0.4) is 0 Å². The minimum Gasteiger partial charge on any atom is -0.499 e. The maximum absolute atomic E-state index is 11.0. The summed E-state index contributed by atoms with van der Waals surface area (Å²) in [5, 5.41) is 0. The summed E-state index contributed by atoms with van der Waals surface area (Å²) in [4.78, 5) is 11.0. The molecule has 0 aromatic rings. The molecular weight excluding hydrogens is 236 g/mol. The number of hydrogen-bond donors (Lipinski definition) is 0. The van der Waals surface area contributed by atoms with E-state index in [1.54, 1.807) is 13.2 Å². The summed E-state index contributed by atoms with van der Waals surface area (Å²) in [6, 6.07) is 0. The third-order valence-electron chi connectivity index (χ3n) is 1.76. The number of rotatable bonds is 11. The van der Waals surface area contributed by atoms with E-state index in [1.165, 1.54) is 0 Å². The second kappa shape index (κ2) is 12.1. The van der Waals surface area contributed by atoms with E-state index in [0.29, 0.717) is 38.6 Å². The zero-order valence-corrected chi connectivity index (χ0v) is 11.1. The van der Waals surface area contributed by atoms with Crippen LogP contribution in [0.5, 0.6) is 0 Å². The summed E-state index contributed by atoms with van der Waals surface area (Å²) in [5.41, 5.74) is 0.388. The molecule has 0 aliphatic heterocycles. The van der Waals surface area contributed by atoms with Gasteiger partial charge in [-0.25, -0.2) is 4.79 Å². The van der Waals surface area contributed by atoms with Gasteiger partial charge in [-0.15, -0.1) is 0 Å². The fraction of sp³-hybridized carbons (Fsp3) is 0.615. The Balaban J connectivity index is 3.12. The summed E-state index contributed by atoms with van der Waals surface area (Å²) >= 11 is 0. The molecule has 0 N–H and O–H groups in total. The third kappa shape index (κ3) is 11.2. The van der Waals surface area contributed by atoms with Crippen molar-refractivity contribution < 1.29 is 23.7 Å². The van der Waals surface area contributed by atoms with E-state index in [-0.39, 0.29) is 6.61 Å².